The van der Waals surface area contributed by atoms with E-state index in [0.717, 1.165) is 31.5 Å². The number of para-hydroxylation sites is 1. The summed E-state index contributed by atoms with van der Waals surface area (Å²) in [6.07, 6.45) is 8.39. The third-order valence-corrected chi connectivity index (χ3v) is 4.54. The Labute approximate surface area is 145 Å². The van der Waals surface area contributed by atoms with Crippen molar-refractivity contribution in [2.24, 2.45) is 0 Å². The van der Waals surface area contributed by atoms with Gasteiger partial charge in [0.25, 0.3) is 5.91 Å². The summed E-state index contributed by atoms with van der Waals surface area (Å²) in [7, 11) is 0. The highest BCUT2D eigenvalue weighted by atomic mass is 16.2. The number of nitrogens with zero attached hydrogens (tertiary/aromatic N) is 6. The fourth-order valence-corrected chi connectivity index (χ4v) is 3.28. The molecule has 128 valence electrons. The van der Waals surface area contributed by atoms with E-state index in [1.165, 1.54) is 4.80 Å². The number of carbonyl (C=O) groups excluding carboxylic acids is 1. The lowest BCUT2D eigenvalue weighted by Gasteiger charge is -2.35. The van der Waals surface area contributed by atoms with E-state index in [1.54, 1.807) is 12.4 Å². The van der Waals surface area contributed by atoms with Crippen molar-refractivity contribution >= 4 is 5.91 Å². The molecule has 0 bridgehead atoms. The van der Waals surface area contributed by atoms with E-state index in [1.807, 2.05) is 52.2 Å². The normalized spacial score (nSPS) is 17.6. The lowest BCUT2D eigenvalue weighted by atomic mass is 10.0. The molecule has 1 aliphatic rings. The summed E-state index contributed by atoms with van der Waals surface area (Å²) >= 11 is 0. The first-order valence-electron chi connectivity index (χ1n) is 8.57. The average molecular weight is 336 g/mol. The molecule has 7 nitrogen and oxygen atoms in total. The molecule has 4 rings (SSSR count). The maximum Gasteiger partial charge on any atom is 0.276 e. The first-order chi connectivity index (χ1) is 12.3. The van der Waals surface area contributed by atoms with Crippen LogP contribution in [0.2, 0.25) is 0 Å². The van der Waals surface area contributed by atoms with Gasteiger partial charge < -0.3 is 4.90 Å². The number of rotatable bonds is 4. The minimum absolute atomic E-state index is 0.0564. The van der Waals surface area contributed by atoms with Crippen molar-refractivity contribution in [1.29, 1.82) is 0 Å². The van der Waals surface area contributed by atoms with Crippen LogP contribution >= 0.6 is 0 Å². The summed E-state index contributed by atoms with van der Waals surface area (Å²) in [5, 5.41) is 12.9. The molecule has 1 amide bonds. The maximum absolute atomic E-state index is 13.0. The summed E-state index contributed by atoms with van der Waals surface area (Å²) < 4.78 is 1.89. The van der Waals surface area contributed by atoms with Crippen LogP contribution in [0.25, 0.3) is 5.69 Å². The molecule has 0 aliphatic carbocycles. The standard InChI is InChI=1S/C18H20N6O/c25-18(17-13-20-24(21-17)15-7-2-1-3-8-15)23-12-5-4-9-16(23)14-22-11-6-10-19-22/h1-3,6-8,10-11,13,16H,4-5,9,12,14H2/t16-/m1/s1. The van der Waals surface area contributed by atoms with Gasteiger partial charge in [-0.25, -0.2) is 0 Å². The molecule has 1 aliphatic heterocycles. The molecule has 1 saturated heterocycles. The zero-order chi connectivity index (χ0) is 17.1. The third-order valence-electron chi connectivity index (χ3n) is 4.54. The molecule has 7 heteroatoms. The minimum Gasteiger partial charge on any atom is -0.332 e. The fraction of sp³-hybridized carbons (Fsp3) is 0.333. The predicted octanol–water partition coefficient (Wildman–Crippen LogP) is 2.16. The molecule has 1 fully saturated rings. The monoisotopic (exact) mass is 336 g/mol. The molecule has 0 N–H and O–H groups in total. The zero-order valence-corrected chi connectivity index (χ0v) is 13.9. The molecular weight excluding hydrogens is 316 g/mol. The Balaban J connectivity index is 1.53. The second kappa shape index (κ2) is 6.88. The van der Waals surface area contributed by atoms with Crippen molar-refractivity contribution in [3.63, 3.8) is 0 Å². The maximum atomic E-state index is 13.0. The molecule has 25 heavy (non-hydrogen) atoms. The SMILES string of the molecule is O=C(c1cnn(-c2ccccc2)n1)N1CCCC[C@@H]1Cn1cccn1. The molecule has 3 aromatic rings. The molecule has 1 atom stereocenters. The molecule has 0 spiro atoms. The minimum atomic E-state index is -0.0564. The first kappa shape index (κ1) is 15.6. The molecule has 0 saturated carbocycles. The van der Waals surface area contributed by atoms with E-state index in [4.69, 9.17) is 0 Å². The topological polar surface area (TPSA) is 68.8 Å². The van der Waals surface area contributed by atoms with Gasteiger partial charge in [-0.1, -0.05) is 18.2 Å². The van der Waals surface area contributed by atoms with Crippen molar-refractivity contribution in [1.82, 2.24) is 29.7 Å². The van der Waals surface area contributed by atoms with Crippen molar-refractivity contribution in [3.05, 3.63) is 60.7 Å². The van der Waals surface area contributed by atoms with Crippen LogP contribution in [-0.4, -0.2) is 48.2 Å². The van der Waals surface area contributed by atoms with Crippen molar-refractivity contribution in [2.75, 3.05) is 6.54 Å². The Morgan fingerprint density at radius 3 is 2.80 bits per heavy atom. The fourth-order valence-electron chi connectivity index (χ4n) is 3.28. The highest BCUT2D eigenvalue weighted by Crippen LogP contribution is 2.20. The molecule has 3 heterocycles. The van der Waals surface area contributed by atoms with Crippen molar-refractivity contribution < 1.29 is 4.79 Å². The van der Waals surface area contributed by atoms with E-state index in [0.29, 0.717) is 12.2 Å². The van der Waals surface area contributed by atoms with E-state index < -0.39 is 0 Å². The molecule has 2 aromatic heterocycles. The highest BCUT2D eigenvalue weighted by Gasteiger charge is 2.29. The average Bonchev–Trinajstić information content (AvgIpc) is 3.34. The van der Waals surface area contributed by atoms with Crippen LogP contribution in [0.1, 0.15) is 29.8 Å². The van der Waals surface area contributed by atoms with Crippen LogP contribution in [-0.2, 0) is 6.54 Å². The number of amides is 1. The summed E-state index contributed by atoms with van der Waals surface area (Å²) in [5.74, 6) is -0.0564. The zero-order valence-electron chi connectivity index (χ0n) is 13.9. The molecule has 1 aromatic carbocycles. The summed E-state index contributed by atoms with van der Waals surface area (Å²) in [6.45, 7) is 1.47. The number of benzene rings is 1. The quantitative estimate of drug-likeness (QED) is 0.732. The van der Waals surface area contributed by atoms with Gasteiger partial charge in [-0.2, -0.15) is 15.0 Å². The number of piperidine rings is 1. The summed E-state index contributed by atoms with van der Waals surface area (Å²) in [4.78, 5) is 16.4. The van der Waals surface area contributed by atoms with Gasteiger partial charge in [0.15, 0.2) is 5.69 Å². The number of carbonyl (C=O) groups is 1. The Hall–Kier alpha value is -2.96. The molecule has 0 radical (unpaired) electrons. The number of hydrogen-bond donors (Lipinski definition) is 0. The van der Waals surface area contributed by atoms with Crippen molar-refractivity contribution in [3.8, 4) is 5.69 Å². The largest absolute Gasteiger partial charge is 0.332 e. The lowest BCUT2D eigenvalue weighted by molar-refractivity contribution is 0.0577. The number of aromatic nitrogens is 5. The van der Waals surface area contributed by atoms with E-state index in [-0.39, 0.29) is 11.9 Å². The van der Waals surface area contributed by atoms with Crippen LogP contribution in [0.3, 0.4) is 0 Å². The van der Waals surface area contributed by atoms with E-state index >= 15 is 0 Å². The van der Waals surface area contributed by atoms with Gasteiger partial charge in [-0.3, -0.25) is 9.48 Å². The van der Waals surface area contributed by atoms with Crippen LogP contribution in [0, 0.1) is 0 Å². The third kappa shape index (κ3) is 3.31. The van der Waals surface area contributed by atoms with Crippen LogP contribution in [0.4, 0.5) is 0 Å². The van der Waals surface area contributed by atoms with Gasteiger partial charge in [-0.05, 0) is 37.5 Å². The number of likely N-dealkylation sites (tertiary alicyclic amines) is 1. The molecule has 0 unspecified atom stereocenters. The Kier molecular flexibility index (Phi) is 4.28. The second-order valence-electron chi connectivity index (χ2n) is 6.23. The van der Waals surface area contributed by atoms with E-state index in [9.17, 15) is 4.79 Å². The van der Waals surface area contributed by atoms with Gasteiger partial charge in [0.1, 0.15) is 0 Å². The Morgan fingerprint density at radius 2 is 2.00 bits per heavy atom. The van der Waals surface area contributed by atoms with Gasteiger partial charge in [0, 0.05) is 18.9 Å². The Bertz CT molecular complexity index is 826. The summed E-state index contributed by atoms with van der Waals surface area (Å²) in [5.41, 5.74) is 1.23. The van der Waals surface area contributed by atoms with Crippen LogP contribution in [0.5, 0.6) is 0 Å². The first-order valence-corrected chi connectivity index (χ1v) is 8.57. The highest BCUT2D eigenvalue weighted by molar-refractivity contribution is 5.92. The lowest BCUT2D eigenvalue weighted by Crippen LogP contribution is -2.46. The number of hydrogen-bond acceptors (Lipinski definition) is 4. The van der Waals surface area contributed by atoms with Crippen LogP contribution in [0.15, 0.2) is 55.0 Å². The second-order valence-corrected chi connectivity index (χ2v) is 6.23. The van der Waals surface area contributed by atoms with Gasteiger partial charge in [0.2, 0.25) is 0 Å². The van der Waals surface area contributed by atoms with Crippen LogP contribution < -0.4 is 0 Å². The van der Waals surface area contributed by atoms with E-state index in [2.05, 4.69) is 15.3 Å². The smallest absolute Gasteiger partial charge is 0.276 e. The van der Waals surface area contributed by atoms with Gasteiger partial charge in [-0.15, -0.1) is 5.10 Å². The van der Waals surface area contributed by atoms with Gasteiger partial charge >= 0.3 is 0 Å². The predicted molar refractivity (Wildman–Crippen MR) is 92.3 cm³/mol. The molecular formula is C18H20N6O. The van der Waals surface area contributed by atoms with Gasteiger partial charge in [0.05, 0.1) is 24.5 Å². The van der Waals surface area contributed by atoms with Crippen molar-refractivity contribution in [2.45, 2.75) is 31.8 Å². The summed E-state index contributed by atoms with van der Waals surface area (Å²) in [6, 6.07) is 11.6. The Morgan fingerprint density at radius 1 is 1.12 bits per heavy atom.